The van der Waals surface area contributed by atoms with Crippen molar-refractivity contribution in [2.75, 3.05) is 7.05 Å². The molecule has 0 radical (unpaired) electrons. The quantitative estimate of drug-likeness (QED) is 0.0903. The molecule has 0 spiro atoms. The van der Waals surface area contributed by atoms with Crippen LogP contribution in [0.2, 0.25) is 0 Å². The monoisotopic (exact) mass is 1060 g/mol. The van der Waals surface area contributed by atoms with Gasteiger partial charge in [0.15, 0.2) is 0 Å². The number of phenols is 1. The number of hydrogen-bond acceptors (Lipinski definition) is 13. The lowest BCUT2D eigenvalue weighted by Gasteiger charge is -2.44. The van der Waals surface area contributed by atoms with E-state index >= 15 is 0 Å². The second-order valence-corrected chi connectivity index (χ2v) is 20.6. The van der Waals surface area contributed by atoms with Crippen molar-refractivity contribution >= 4 is 59.2 Å². The number of aliphatic hydroxyl groups is 1. The van der Waals surface area contributed by atoms with Gasteiger partial charge in [-0.15, -0.1) is 0 Å². The Bertz CT molecular complexity index is 2370. The summed E-state index contributed by atoms with van der Waals surface area (Å²) in [6.07, 6.45) is -3.43. The number of carbonyl (C=O) groups excluding carboxylic acids is 9. The molecule has 2 aliphatic rings. The van der Waals surface area contributed by atoms with Crippen molar-refractivity contribution in [3.8, 4) is 5.75 Å². The molecule has 11 atom stereocenters. The van der Waals surface area contributed by atoms with Gasteiger partial charge in [0.2, 0.25) is 47.3 Å². The van der Waals surface area contributed by atoms with Crippen molar-refractivity contribution in [1.29, 1.82) is 0 Å². The Morgan fingerprint density at radius 3 is 2.03 bits per heavy atom. The number of phenolic OH excluding ortho intramolecular Hbond substituents is 1. The number of carboxylic acids is 1. The number of hydrogen-bond donors (Lipinski definition) is 9. The Hall–Kier alpha value is -7.10. The van der Waals surface area contributed by atoms with E-state index in [4.69, 9.17) is 4.74 Å². The molecule has 0 aromatic heterocycles. The fourth-order valence-corrected chi connectivity index (χ4v) is 9.19. The first-order valence-corrected chi connectivity index (χ1v) is 26.2. The number of carbonyl (C=O) groups is 10. The Labute approximate surface area is 444 Å². The Kier molecular flexibility index (Phi) is 23.2. The van der Waals surface area contributed by atoms with Crippen LogP contribution in [0.15, 0.2) is 54.6 Å². The summed E-state index contributed by atoms with van der Waals surface area (Å²) >= 11 is 0. The summed E-state index contributed by atoms with van der Waals surface area (Å²) in [6.45, 7) is 13.4. The van der Waals surface area contributed by atoms with Crippen molar-refractivity contribution in [2.24, 2.45) is 17.8 Å². The number of rotatable bonds is 19. The number of aromatic hydroxyl groups is 1. The molecule has 2 aromatic carbocycles. The molecule has 76 heavy (non-hydrogen) atoms. The number of nitrogens with one attached hydrogen (secondary N) is 6. The normalized spacial score (nSPS) is 24.4. The van der Waals surface area contributed by atoms with Crippen LogP contribution in [0.4, 0.5) is 0 Å². The zero-order valence-electron chi connectivity index (χ0n) is 45.0. The number of aliphatic hydroxyl groups excluding tert-OH is 1. The molecule has 0 aliphatic carbocycles. The molecular formula is C54H78N8O14. The Morgan fingerprint density at radius 1 is 0.776 bits per heavy atom. The van der Waals surface area contributed by atoms with Gasteiger partial charge in [-0.1, -0.05) is 97.4 Å². The molecule has 0 saturated carbocycles. The standard InChI is InChI=1S/C54H78N8O14/c1-10-15-41(64)55-39(27-34-18-20-35(63)21-19-34)48(68)57-37(53(73)74)22-24-42(65)59-45-32(8)76-54(75)44(31(7)11-2)60-49(69)40(28-33-16-13-12-14-17-33)61(9)52(72)46(30(5)6)62-43(66)25-23-36(51(62)71)56-47(67)38(26-29(3)4)58-50(45)70/h12-14,16-21,29-32,36-40,43-46,63,66H,10-11,15,22-28H2,1-9H3,(H,55,64)(H,56,67)(H,57,68)(H,58,70)(H,59,65)(H,60,69)(H,73,74)/t31-,32+,36-,37-,38-,39-,40-,43+,44-,45-,46-/m0/s1. The van der Waals surface area contributed by atoms with E-state index in [1.807, 2.05) is 0 Å². The van der Waals surface area contributed by atoms with Crippen LogP contribution in [0.1, 0.15) is 118 Å². The molecule has 2 bridgehead atoms. The second-order valence-electron chi connectivity index (χ2n) is 20.6. The number of carboxylic acid groups (broad SMARTS) is 1. The van der Waals surface area contributed by atoms with Crippen LogP contribution in [-0.4, -0.2) is 152 Å². The van der Waals surface area contributed by atoms with Gasteiger partial charge >= 0.3 is 11.9 Å². The summed E-state index contributed by atoms with van der Waals surface area (Å²) in [5.41, 5.74) is 1.19. The van der Waals surface area contributed by atoms with E-state index in [-0.39, 0.29) is 50.2 Å². The number of likely N-dealkylation sites (N-methyl/N-ethyl adjacent to an activating group) is 1. The van der Waals surface area contributed by atoms with E-state index in [0.717, 1.165) is 4.90 Å². The lowest BCUT2D eigenvalue weighted by molar-refractivity contribution is -0.167. The van der Waals surface area contributed by atoms with Gasteiger partial charge in [-0.05, 0) is 80.0 Å². The van der Waals surface area contributed by atoms with Crippen LogP contribution in [-0.2, 0) is 65.5 Å². The average Bonchev–Trinajstić information content (AvgIpc) is 3.36. The molecule has 22 heteroatoms. The molecule has 8 amide bonds. The number of aliphatic carboxylic acids is 1. The van der Waals surface area contributed by atoms with Gasteiger partial charge in [0.1, 0.15) is 66.4 Å². The third kappa shape index (κ3) is 17.2. The van der Waals surface area contributed by atoms with E-state index in [2.05, 4.69) is 31.9 Å². The molecule has 22 nitrogen and oxygen atoms in total. The fraction of sp³-hybridized carbons (Fsp3) is 0.593. The zero-order chi connectivity index (χ0) is 56.6. The van der Waals surface area contributed by atoms with Gasteiger partial charge in [-0.2, -0.15) is 0 Å². The number of ether oxygens (including phenoxy) is 1. The topological polar surface area (TPSA) is 319 Å². The largest absolute Gasteiger partial charge is 0.508 e. The van der Waals surface area contributed by atoms with Gasteiger partial charge in [-0.3, -0.25) is 38.4 Å². The highest BCUT2D eigenvalue weighted by Crippen LogP contribution is 2.27. The number of esters is 1. The summed E-state index contributed by atoms with van der Waals surface area (Å²) in [7, 11) is 1.39. The third-order valence-electron chi connectivity index (χ3n) is 13.7. The Morgan fingerprint density at radius 2 is 1.43 bits per heavy atom. The summed E-state index contributed by atoms with van der Waals surface area (Å²) in [4.78, 5) is 142. The summed E-state index contributed by atoms with van der Waals surface area (Å²) in [6, 6.07) is 3.32. The second kappa shape index (κ2) is 28.7. The summed E-state index contributed by atoms with van der Waals surface area (Å²) in [5.74, 6) is -10.4. The Balaban J connectivity index is 1.73. The van der Waals surface area contributed by atoms with E-state index < -0.39 is 145 Å². The van der Waals surface area contributed by atoms with Crippen LogP contribution < -0.4 is 31.9 Å². The van der Waals surface area contributed by atoms with Gasteiger partial charge in [0.25, 0.3) is 0 Å². The molecule has 2 heterocycles. The highest BCUT2D eigenvalue weighted by atomic mass is 16.5. The average molecular weight is 1060 g/mol. The lowest BCUT2D eigenvalue weighted by Crippen LogP contribution is -2.66. The minimum absolute atomic E-state index is 0.00904. The fourth-order valence-electron chi connectivity index (χ4n) is 9.19. The first-order valence-electron chi connectivity index (χ1n) is 26.2. The van der Waals surface area contributed by atoms with Crippen molar-refractivity contribution in [3.05, 3.63) is 65.7 Å². The lowest BCUT2D eigenvalue weighted by atomic mass is 9.93. The third-order valence-corrected chi connectivity index (χ3v) is 13.7. The maximum Gasteiger partial charge on any atom is 0.329 e. The predicted octanol–water partition coefficient (Wildman–Crippen LogP) is 1.58. The van der Waals surface area contributed by atoms with E-state index in [1.165, 1.54) is 43.1 Å². The number of amides is 8. The van der Waals surface area contributed by atoms with Crippen LogP contribution >= 0.6 is 0 Å². The molecule has 9 N–H and O–H groups in total. The summed E-state index contributed by atoms with van der Waals surface area (Å²) in [5, 5.41) is 47.0. The number of nitrogens with zero attached hydrogens (tertiary/aromatic N) is 2. The van der Waals surface area contributed by atoms with Crippen molar-refractivity contribution in [1.82, 2.24) is 41.7 Å². The van der Waals surface area contributed by atoms with E-state index in [1.54, 1.807) is 78.8 Å². The predicted molar refractivity (Wildman–Crippen MR) is 277 cm³/mol. The van der Waals surface area contributed by atoms with Crippen molar-refractivity contribution < 1.29 is 68.0 Å². The first kappa shape index (κ1) is 61.4. The maximum absolute atomic E-state index is 14.8. The van der Waals surface area contributed by atoms with Crippen LogP contribution in [0.3, 0.4) is 0 Å². The van der Waals surface area contributed by atoms with E-state index in [0.29, 0.717) is 24.0 Å². The van der Waals surface area contributed by atoms with Crippen LogP contribution in [0.5, 0.6) is 5.75 Å². The molecule has 2 fully saturated rings. The number of fused-ring (bicyclic) bond motifs is 2. The number of piperidine rings is 1. The number of benzene rings is 2. The number of cyclic esters (lactones) is 1. The van der Waals surface area contributed by atoms with E-state index in [9.17, 15) is 63.3 Å². The molecule has 418 valence electrons. The SMILES string of the molecule is CCCC(=O)N[C@@H](Cc1ccc(O)cc1)C(=O)N[C@@H](CCC(=O)N[C@@H]1C(=O)N[C@@H](CC(C)C)C(=O)N[C@H]2CC[C@@H](O)N(C2=O)[C@@H](C(C)C)C(=O)N(C)[C@@H](Cc2ccccc2)C(=O)N[C@@H]([C@@H](C)CC)C(=O)O[C@@H]1C)C(=O)O. The van der Waals surface area contributed by atoms with Crippen LogP contribution in [0, 0.1) is 17.8 Å². The van der Waals surface area contributed by atoms with Crippen molar-refractivity contribution in [2.45, 2.75) is 180 Å². The molecule has 0 unspecified atom stereocenters. The minimum atomic E-state index is -1.76. The highest BCUT2D eigenvalue weighted by Gasteiger charge is 2.47. The van der Waals surface area contributed by atoms with Gasteiger partial charge in [0, 0.05) is 32.7 Å². The maximum atomic E-state index is 14.8. The molecule has 2 aromatic rings. The smallest absolute Gasteiger partial charge is 0.329 e. The van der Waals surface area contributed by atoms with Gasteiger partial charge in [-0.25, -0.2) is 9.59 Å². The molecule has 4 rings (SSSR count). The molecule has 2 saturated heterocycles. The summed E-state index contributed by atoms with van der Waals surface area (Å²) < 4.78 is 5.92. The zero-order valence-corrected chi connectivity index (χ0v) is 45.0. The van der Waals surface area contributed by atoms with Crippen LogP contribution in [0.25, 0.3) is 0 Å². The first-order chi connectivity index (χ1) is 35.9. The van der Waals surface area contributed by atoms with Gasteiger partial charge < -0.3 is 61.8 Å². The van der Waals surface area contributed by atoms with Gasteiger partial charge in [0.05, 0.1) is 0 Å². The molecule has 2 aliphatic heterocycles. The molecular weight excluding hydrogens is 985 g/mol. The van der Waals surface area contributed by atoms with Crippen molar-refractivity contribution in [3.63, 3.8) is 0 Å². The highest BCUT2D eigenvalue weighted by molar-refractivity contribution is 5.98. The minimum Gasteiger partial charge on any atom is -0.508 e.